The molecule has 3 atom stereocenters. The zero-order valence-corrected chi connectivity index (χ0v) is 13.5. The van der Waals surface area contributed by atoms with Crippen LogP contribution in [-0.4, -0.2) is 32.1 Å². The van der Waals surface area contributed by atoms with E-state index in [1.54, 1.807) is 14.2 Å². The second kappa shape index (κ2) is 6.32. The molecular formula is C17H26O4. The number of methoxy groups -OCH3 is 2. The Morgan fingerprint density at radius 3 is 2.71 bits per heavy atom. The van der Waals surface area contributed by atoms with E-state index < -0.39 is 5.79 Å². The first kappa shape index (κ1) is 16.2. The summed E-state index contributed by atoms with van der Waals surface area (Å²) in [5.41, 5.74) is 2.02. The smallest absolute Gasteiger partial charge is 0.334 e. The van der Waals surface area contributed by atoms with Gasteiger partial charge in [-0.15, -0.1) is 0 Å². The Balaban J connectivity index is 2.03. The molecule has 4 heteroatoms. The molecule has 0 amide bonds. The monoisotopic (exact) mass is 294 g/mol. The van der Waals surface area contributed by atoms with Crippen LogP contribution >= 0.6 is 0 Å². The van der Waals surface area contributed by atoms with Crippen molar-refractivity contribution in [3.8, 4) is 0 Å². The van der Waals surface area contributed by atoms with E-state index in [0.29, 0.717) is 11.5 Å². The molecule has 21 heavy (non-hydrogen) atoms. The molecule has 1 heterocycles. The lowest BCUT2D eigenvalue weighted by molar-refractivity contribution is -0.196. The second-order valence-corrected chi connectivity index (χ2v) is 6.27. The molecule has 0 radical (unpaired) electrons. The number of rotatable bonds is 5. The lowest BCUT2D eigenvalue weighted by Crippen LogP contribution is -2.29. The minimum Gasteiger partial charge on any atom is -0.458 e. The van der Waals surface area contributed by atoms with Crippen molar-refractivity contribution in [2.45, 2.75) is 51.4 Å². The highest BCUT2D eigenvalue weighted by molar-refractivity contribution is 5.90. The van der Waals surface area contributed by atoms with E-state index in [4.69, 9.17) is 14.2 Å². The van der Waals surface area contributed by atoms with E-state index in [9.17, 15) is 4.79 Å². The number of carbonyl (C=O) groups is 1. The van der Waals surface area contributed by atoms with Crippen molar-refractivity contribution in [3.63, 3.8) is 0 Å². The molecule has 0 unspecified atom stereocenters. The molecule has 0 aromatic rings. The van der Waals surface area contributed by atoms with E-state index in [1.807, 2.05) is 6.92 Å². The van der Waals surface area contributed by atoms with Crippen molar-refractivity contribution in [1.29, 1.82) is 0 Å². The van der Waals surface area contributed by atoms with Gasteiger partial charge in [-0.3, -0.25) is 0 Å². The van der Waals surface area contributed by atoms with Gasteiger partial charge in [-0.25, -0.2) is 4.79 Å². The van der Waals surface area contributed by atoms with Crippen molar-refractivity contribution in [3.05, 3.63) is 23.8 Å². The molecule has 1 aliphatic carbocycles. The van der Waals surface area contributed by atoms with Gasteiger partial charge in [0.25, 0.3) is 0 Å². The van der Waals surface area contributed by atoms with Gasteiger partial charge in [0.1, 0.15) is 6.10 Å². The van der Waals surface area contributed by atoms with E-state index >= 15 is 0 Å². The molecule has 1 aliphatic heterocycles. The molecule has 0 bridgehead atoms. The summed E-state index contributed by atoms with van der Waals surface area (Å²) in [6, 6.07) is 0. The zero-order valence-electron chi connectivity index (χ0n) is 13.5. The third-order valence-corrected chi connectivity index (χ3v) is 5.00. The van der Waals surface area contributed by atoms with Crippen molar-refractivity contribution < 1.29 is 19.0 Å². The first-order chi connectivity index (χ1) is 9.90. The Labute approximate surface area is 127 Å². The highest BCUT2D eigenvalue weighted by Crippen LogP contribution is 2.39. The topological polar surface area (TPSA) is 44.8 Å². The van der Waals surface area contributed by atoms with Gasteiger partial charge in [0.05, 0.1) is 0 Å². The summed E-state index contributed by atoms with van der Waals surface area (Å²) in [6.45, 7) is 8.03. The summed E-state index contributed by atoms with van der Waals surface area (Å²) in [6.07, 6.45) is 5.70. The van der Waals surface area contributed by atoms with Crippen LogP contribution in [-0.2, 0) is 19.0 Å². The lowest BCUT2D eigenvalue weighted by Gasteiger charge is -2.27. The molecule has 118 valence electrons. The predicted octanol–water partition coefficient (Wildman–Crippen LogP) is 3.23. The van der Waals surface area contributed by atoms with Crippen LogP contribution in [0.25, 0.3) is 0 Å². The quantitative estimate of drug-likeness (QED) is 0.338. The highest BCUT2D eigenvalue weighted by Gasteiger charge is 2.40. The van der Waals surface area contributed by atoms with Gasteiger partial charge in [-0.05, 0) is 32.1 Å². The molecule has 1 fully saturated rings. The fraction of sp³-hybridized carbons (Fsp3) is 0.706. The maximum absolute atomic E-state index is 11.6. The van der Waals surface area contributed by atoms with Crippen molar-refractivity contribution in [2.75, 3.05) is 14.2 Å². The number of carbonyl (C=O) groups excluding carboxylic acids is 1. The number of hydrogen-bond donors (Lipinski definition) is 0. The van der Waals surface area contributed by atoms with Crippen LogP contribution in [0.4, 0.5) is 0 Å². The Morgan fingerprint density at radius 1 is 1.43 bits per heavy atom. The predicted molar refractivity (Wildman–Crippen MR) is 80.6 cm³/mol. The van der Waals surface area contributed by atoms with Crippen molar-refractivity contribution in [2.24, 2.45) is 11.8 Å². The van der Waals surface area contributed by atoms with Crippen LogP contribution in [0.15, 0.2) is 23.8 Å². The molecule has 2 rings (SSSR count). The van der Waals surface area contributed by atoms with Gasteiger partial charge >= 0.3 is 5.97 Å². The van der Waals surface area contributed by atoms with Crippen LogP contribution < -0.4 is 0 Å². The number of allylic oxidation sites excluding steroid dienone is 2. The summed E-state index contributed by atoms with van der Waals surface area (Å²) in [7, 11) is 3.34. The van der Waals surface area contributed by atoms with Gasteiger partial charge in [0.2, 0.25) is 0 Å². The Bertz CT molecular complexity index is 448. The number of hydrogen-bond acceptors (Lipinski definition) is 4. The molecule has 0 aromatic carbocycles. The maximum atomic E-state index is 11.6. The van der Waals surface area contributed by atoms with Crippen LogP contribution in [0.3, 0.4) is 0 Å². The van der Waals surface area contributed by atoms with E-state index in [2.05, 4.69) is 19.6 Å². The first-order valence-corrected chi connectivity index (χ1v) is 7.59. The molecule has 0 spiro atoms. The zero-order chi connectivity index (χ0) is 15.6. The SMILES string of the molecule is C=C1C(=O)O[C@@H]2C[C@H](C)C(CCC(C)(OC)OC)=CC[C@H]12. The largest absolute Gasteiger partial charge is 0.458 e. The highest BCUT2D eigenvalue weighted by atomic mass is 16.7. The molecule has 4 nitrogen and oxygen atoms in total. The Kier molecular flexibility index (Phi) is 4.89. The van der Waals surface area contributed by atoms with Crippen LogP contribution in [0, 0.1) is 11.8 Å². The van der Waals surface area contributed by atoms with E-state index in [1.165, 1.54) is 5.57 Å². The fourth-order valence-corrected chi connectivity index (χ4v) is 3.16. The van der Waals surface area contributed by atoms with Crippen LogP contribution in [0.2, 0.25) is 0 Å². The van der Waals surface area contributed by atoms with Crippen LogP contribution in [0.1, 0.15) is 39.5 Å². The van der Waals surface area contributed by atoms with Gasteiger partial charge < -0.3 is 14.2 Å². The summed E-state index contributed by atoms with van der Waals surface area (Å²) in [5.74, 6) is -0.218. The average molecular weight is 294 g/mol. The lowest BCUT2D eigenvalue weighted by atomic mass is 9.89. The summed E-state index contributed by atoms with van der Waals surface area (Å²) in [4.78, 5) is 11.6. The van der Waals surface area contributed by atoms with E-state index in [0.717, 1.165) is 25.7 Å². The normalized spacial score (nSPS) is 29.7. The number of ether oxygens (including phenoxy) is 3. The van der Waals surface area contributed by atoms with Gasteiger partial charge in [0, 0.05) is 32.1 Å². The average Bonchev–Trinajstić information content (AvgIpc) is 2.64. The third kappa shape index (κ3) is 3.38. The molecule has 0 N–H and O–H groups in total. The molecular weight excluding hydrogens is 268 g/mol. The number of esters is 1. The van der Waals surface area contributed by atoms with E-state index in [-0.39, 0.29) is 18.0 Å². The maximum Gasteiger partial charge on any atom is 0.334 e. The van der Waals surface area contributed by atoms with Crippen molar-refractivity contribution >= 4 is 5.97 Å². The Morgan fingerprint density at radius 2 is 2.10 bits per heavy atom. The Hall–Kier alpha value is -1.13. The standard InChI is InChI=1S/C17H26O4/c1-11-10-15-14(12(2)16(18)21-15)7-6-13(11)8-9-17(3,19-4)20-5/h6,11,14-15H,2,7-10H2,1,3-5H3/t11-,14+,15+/m0/s1. The fourth-order valence-electron chi connectivity index (χ4n) is 3.16. The first-order valence-electron chi connectivity index (χ1n) is 7.59. The minimum atomic E-state index is -0.543. The van der Waals surface area contributed by atoms with Gasteiger partial charge in [-0.1, -0.05) is 25.2 Å². The van der Waals surface area contributed by atoms with Gasteiger partial charge in [0.15, 0.2) is 5.79 Å². The number of fused-ring (bicyclic) bond motifs is 1. The molecule has 2 aliphatic rings. The van der Waals surface area contributed by atoms with Crippen LogP contribution in [0.5, 0.6) is 0 Å². The summed E-state index contributed by atoms with van der Waals surface area (Å²) in [5, 5.41) is 0. The van der Waals surface area contributed by atoms with Gasteiger partial charge in [-0.2, -0.15) is 0 Å². The second-order valence-electron chi connectivity index (χ2n) is 6.27. The molecule has 1 saturated heterocycles. The van der Waals surface area contributed by atoms with Crippen molar-refractivity contribution in [1.82, 2.24) is 0 Å². The molecule has 0 saturated carbocycles. The molecule has 0 aromatic heterocycles. The summed E-state index contributed by atoms with van der Waals surface area (Å²) >= 11 is 0. The summed E-state index contributed by atoms with van der Waals surface area (Å²) < 4.78 is 16.3. The third-order valence-electron chi connectivity index (χ3n) is 5.00. The minimum absolute atomic E-state index is 0.00927.